The molecule has 6 nitrogen and oxygen atoms in total. The third-order valence-corrected chi connectivity index (χ3v) is 5.63. The highest BCUT2D eigenvalue weighted by Crippen LogP contribution is 2.17. The van der Waals surface area contributed by atoms with Crippen LogP contribution in [0.5, 0.6) is 0 Å². The van der Waals surface area contributed by atoms with E-state index in [-0.39, 0.29) is 37.2 Å². The predicted molar refractivity (Wildman–Crippen MR) is 121 cm³/mol. The molecule has 1 saturated heterocycles. The lowest BCUT2D eigenvalue weighted by molar-refractivity contribution is -0.133. The minimum absolute atomic E-state index is 0.136. The average Bonchev–Trinajstić information content (AvgIpc) is 3.53. The van der Waals surface area contributed by atoms with Gasteiger partial charge in [-0.1, -0.05) is 36.4 Å². The number of hydrogen-bond donors (Lipinski definition) is 0. The summed E-state index contributed by atoms with van der Waals surface area (Å²) in [6.07, 6.45) is 3.17. The molecule has 0 aliphatic carbocycles. The topological polar surface area (TPSA) is 63.0 Å². The van der Waals surface area contributed by atoms with E-state index in [9.17, 15) is 14.0 Å². The van der Waals surface area contributed by atoms with Crippen molar-refractivity contribution in [3.05, 3.63) is 95.7 Å². The minimum Gasteiger partial charge on any atom is -0.467 e. The van der Waals surface area contributed by atoms with Gasteiger partial charge in [-0.05, 0) is 48.7 Å². The maximum Gasteiger partial charge on any atom is 0.254 e. The summed E-state index contributed by atoms with van der Waals surface area (Å²) in [5.41, 5.74) is 1.18. The number of nitrogens with zero attached hydrogens (tertiary/aromatic N) is 2. The van der Waals surface area contributed by atoms with Gasteiger partial charge >= 0.3 is 0 Å². The van der Waals surface area contributed by atoms with Gasteiger partial charge in [-0.15, -0.1) is 0 Å². The van der Waals surface area contributed by atoms with Crippen LogP contribution in [0.1, 0.15) is 34.5 Å². The summed E-state index contributed by atoms with van der Waals surface area (Å²) < 4.78 is 24.9. The molecule has 2 heterocycles. The Hall–Kier alpha value is -3.45. The first kappa shape index (κ1) is 22.7. The minimum atomic E-state index is -0.493. The molecule has 2 aromatic carbocycles. The number of ether oxygens (including phenoxy) is 1. The van der Waals surface area contributed by atoms with E-state index < -0.39 is 11.7 Å². The molecule has 0 bridgehead atoms. The molecule has 0 radical (unpaired) electrons. The van der Waals surface area contributed by atoms with Crippen molar-refractivity contribution < 1.29 is 23.1 Å². The average molecular weight is 451 g/mol. The summed E-state index contributed by atoms with van der Waals surface area (Å²) in [6, 6.07) is 18.8. The van der Waals surface area contributed by atoms with Crippen LogP contribution >= 0.6 is 0 Å². The van der Waals surface area contributed by atoms with Crippen LogP contribution in [0.2, 0.25) is 0 Å². The molecule has 33 heavy (non-hydrogen) atoms. The third-order valence-electron chi connectivity index (χ3n) is 5.63. The molecule has 1 fully saturated rings. The predicted octanol–water partition coefficient (Wildman–Crippen LogP) is 4.27. The second kappa shape index (κ2) is 10.9. The Bertz CT molecular complexity index is 1050. The molecule has 2 amide bonds. The Labute approximate surface area is 192 Å². The van der Waals surface area contributed by atoms with Crippen LogP contribution in [-0.4, -0.2) is 47.4 Å². The summed E-state index contributed by atoms with van der Waals surface area (Å²) in [6.45, 7) is 1.44. The van der Waals surface area contributed by atoms with Gasteiger partial charge in [-0.25, -0.2) is 4.39 Å². The fraction of sp³-hybridized carbons (Fsp3) is 0.308. The van der Waals surface area contributed by atoms with E-state index >= 15 is 0 Å². The maximum absolute atomic E-state index is 13.8. The number of benzene rings is 2. The molecule has 3 aromatic rings. The zero-order valence-corrected chi connectivity index (χ0v) is 18.4. The van der Waals surface area contributed by atoms with Crippen molar-refractivity contribution in [3.8, 4) is 0 Å². The highest BCUT2D eigenvalue weighted by molar-refractivity contribution is 5.96. The number of carbonyl (C=O) groups is 2. The van der Waals surface area contributed by atoms with Crippen LogP contribution in [0.15, 0.2) is 77.4 Å². The van der Waals surface area contributed by atoms with Crippen molar-refractivity contribution in [3.63, 3.8) is 0 Å². The van der Waals surface area contributed by atoms with Crippen molar-refractivity contribution in [1.29, 1.82) is 0 Å². The molecule has 0 spiro atoms. The van der Waals surface area contributed by atoms with Gasteiger partial charge in [0.15, 0.2) is 0 Å². The molecule has 1 aliphatic heterocycles. The first-order valence-electron chi connectivity index (χ1n) is 11.1. The number of rotatable bonds is 9. The van der Waals surface area contributed by atoms with Gasteiger partial charge in [0.05, 0.1) is 18.9 Å². The van der Waals surface area contributed by atoms with Gasteiger partial charge in [-0.3, -0.25) is 9.59 Å². The summed E-state index contributed by atoms with van der Waals surface area (Å²) in [5, 5.41) is 0. The highest BCUT2D eigenvalue weighted by Gasteiger charge is 2.27. The van der Waals surface area contributed by atoms with Gasteiger partial charge in [0.2, 0.25) is 5.91 Å². The molecule has 172 valence electrons. The van der Waals surface area contributed by atoms with E-state index in [4.69, 9.17) is 9.15 Å². The molecular formula is C26H27FN2O4. The van der Waals surface area contributed by atoms with Gasteiger partial charge in [-0.2, -0.15) is 0 Å². The third kappa shape index (κ3) is 6.29. The largest absolute Gasteiger partial charge is 0.467 e. The fourth-order valence-corrected chi connectivity index (χ4v) is 3.95. The maximum atomic E-state index is 13.8. The van der Waals surface area contributed by atoms with Gasteiger partial charge in [0.1, 0.15) is 18.1 Å². The van der Waals surface area contributed by atoms with E-state index in [0.717, 1.165) is 18.4 Å². The van der Waals surface area contributed by atoms with E-state index in [1.54, 1.807) is 23.3 Å². The van der Waals surface area contributed by atoms with Crippen LogP contribution in [0.25, 0.3) is 0 Å². The van der Waals surface area contributed by atoms with Gasteiger partial charge < -0.3 is 19.0 Å². The van der Waals surface area contributed by atoms with Crippen LogP contribution in [0, 0.1) is 5.82 Å². The van der Waals surface area contributed by atoms with Crippen molar-refractivity contribution in [2.45, 2.75) is 32.0 Å². The Kier molecular flexibility index (Phi) is 7.52. The monoisotopic (exact) mass is 450 g/mol. The Balaban J connectivity index is 1.54. The van der Waals surface area contributed by atoms with Crippen LogP contribution in [0.4, 0.5) is 4.39 Å². The molecule has 0 N–H and O–H groups in total. The SMILES string of the molecule is O=C(CN(CC1CCCO1)C(=O)c1cccc(F)c1)N(Cc1ccccc1)Cc1ccco1. The van der Waals surface area contributed by atoms with E-state index in [2.05, 4.69) is 0 Å². The molecule has 1 aromatic heterocycles. The smallest absolute Gasteiger partial charge is 0.254 e. The lowest BCUT2D eigenvalue weighted by Crippen LogP contribution is -2.45. The Morgan fingerprint density at radius 3 is 2.52 bits per heavy atom. The summed E-state index contributed by atoms with van der Waals surface area (Å²) >= 11 is 0. The van der Waals surface area contributed by atoms with E-state index in [1.807, 2.05) is 36.4 Å². The molecule has 1 unspecified atom stereocenters. The number of carbonyl (C=O) groups excluding carboxylic acids is 2. The standard InChI is InChI=1S/C26H27FN2O4/c27-22-10-4-9-21(15-22)26(31)29(18-24-12-6-14-33-24)19-25(30)28(17-23-11-5-13-32-23)16-20-7-2-1-3-8-20/h1-5,7-11,13,15,24H,6,12,14,16-19H2. The summed E-state index contributed by atoms with van der Waals surface area (Å²) in [7, 11) is 0. The van der Waals surface area contributed by atoms with Crippen molar-refractivity contribution in [2.75, 3.05) is 19.7 Å². The van der Waals surface area contributed by atoms with Crippen LogP contribution in [0.3, 0.4) is 0 Å². The highest BCUT2D eigenvalue weighted by atomic mass is 19.1. The number of halogens is 1. The van der Waals surface area contributed by atoms with Crippen LogP contribution < -0.4 is 0 Å². The van der Waals surface area contributed by atoms with Crippen molar-refractivity contribution >= 4 is 11.8 Å². The first-order valence-corrected chi connectivity index (χ1v) is 11.1. The van der Waals surface area contributed by atoms with Gasteiger partial charge in [0.25, 0.3) is 5.91 Å². The molecule has 7 heteroatoms. The summed E-state index contributed by atoms with van der Waals surface area (Å²) in [5.74, 6) is -0.455. The molecule has 0 saturated carbocycles. The molecular weight excluding hydrogens is 423 g/mol. The lowest BCUT2D eigenvalue weighted by Gasteiger charge is -2.29. The lowest BCUT2D eigenvalue weighted by atomic mass is 10.1. The molecule has 1 atom stereocenters. The van der Waals surface area contributed by atoms with E-state index in [0.29, 0.717) is 18.9 Å². The number of amides is 2. The second-order valence-electron chi connectivity index (χ2n) is 8.15. The van der Waals surface area contributed by atoms with Crippen molar-refractivity contribution in [1.82, 2.24) is 9.80 Å². The van der Waals surface area contributed by atoms with Crippen LogP contribution in [-0.2, 0) is 22.6 Å². The first-order chi connectivity index (χ1) is 16.1. The fourth-order valence-electron chi connectivity index (χ4n) is 3.95. The zero-order chi connectivity index (χ0) is 23.0. The normalized spacial score (nSPS) is 15.4. The number of hydrogen-bond acceptors (Lipinski definition) is 4. The van der Waals surface area contributed by atoms with Gasteiger partial charge in [0, 0.05) is 25.3 Å². The Morgan fingerprint density at radius 1 is 0.970 bits per heavy atom. The quantitative estimate of drug-likeness (QED) is 0.489. The van der Waals surface area contributed by atoms with Crippen molar-refractivity contribution in [2.24, 2.45) is 0 Å². The zero-order valence-electron chi connectivity index (χ0n) is 18.4. The van der Waals surface area contributed by atoms with E-state index in [1.165, 1.54) is 23.1 Å². The second-order valence-corrected chi connectivity index (χ2v) is 8.15. The summed E-state index contributed by atoms with van der Waals surface area (Å²) in [4.78, 5) is 29.8. The number of furan rings is 1. The molecule has 1 aliphatic rings. The Morgan fingerprint density at radius 2 is 1.82 bits per heavy atom. The molecule has 4 rings (SSSR count).